The predicted octanol–water partition coefficient (Wildman–Crippen LogP) is 5.45. The lowest BCUT2D eigenvalue weighted by Gasteiger charge is -2.11. The number of para-hydroxylation sites is 3. The maximum Gasteiger partial charge on any atom is 0.316 e. The number of urea groups is 1. The van der Waals surface area contributed by atoms with Gasteiger partial charge in [0.05, 0.1) is 27.9 Å². The molecule has 0 heterocycles. The standard InChI is InChI=1S/C13H13N3O.C13H9NO4/c14-13(17)16-12-9-5-4-8-11(12)15-10-6-2-1-3-7-10;15-12-8-10(14(17)18)6-7-11(12)13(16)9-4-2-1-3-5-9/h1-9,15H,(H3,14,16,17);1-8,15H. The van der Waals surface area contributed by atoms with E-state index in [1.807, 2.05) is 48.5 Å². The van der Waals surface area contributed by atoms with E-state index in [9.17, 15) is 24.8 Å². The van der Waals surface area contributed by atoms with Gasteiger partial charge in [0.2, 0.25) is 0 Å². The second-order valence-electron chi connectivity index (χ2n) is 7.18. The Bertz CT molecular complexity index is 1330. The summed E-state index contributed by atoms with van der Waals surface area (Å²) in [5.41, 5.74) is 7.73. The molecular weight excluding hydrogens is 448 g/mol. The van der Waals surface area contributed by atoms with Gasteiger partial charge in [-0.3, -0.25) is 14.9 Å². The van der Waals surface area contributed by atoms with Gasteiger partial charge in [-0.1, -0.05) is 60.7 Å². The summed E-state index contributed by atoms with van der Waals surface area (Å²) in [4.78, 5) is 32.8. The Morgan fingerprint density at radius 3 is 1.94 bits per heavy atom. The molecule has 2 amide bonds. The number of hydrogen-bond donors (Lipinski definition) is 4. The number of carbonyl (C=O) groups is 2. The molecule has 0 fully saturated rings. The third kappa shape index (κ3) is 6.90. The number of anilines is 3. The highest BCUT2D eigenvalue weighted by Gasteiger charge is 2.16. The van der Waals surface area contributed by atoms with Crippen molar-refractivity contribution in [3.8, 4) is 5.75 Å². The van der Waals surface area contributed by atoms with Crippen LogP contribution in [0.25, 0.3) is 0 Å². The summed E-state index contributed by atoms with van der Waals surface area (Å²) < 4.78 is 0. The van der Waals surface area contributed by atoms with Crippen molar-refractivity contribution in [3.63, 3.8) is 0 Å². The summed E-state index contributed by atoms with van der Waals surface area (Å²) in [6.45, 7) is 0. The molecular formula is C26H22N4O5. The molecule has 176 valence electrons. The minimum Gasteiger partial charge on any atom is -0.507 e. The molecule has 0 aromatic heterocycles. The minimum absolute atomic E-state index is 0.0480. The normalized spacial score (nSPS) is 9.83. The van der Waals surface area contributed by atoms with Gasteiger partial charge >= 0.3 is 6.03 Å². The molecule has 0 aliphatic rings. The topological polar surface area (TPSA) is 148 Å². The molecule has 0 bridgehead atoms. The van der Waals surface area contributed by atoms with Gasteiger partial charge in [0.1, 0.15) is 5.75 Å². The number of primary amides is 1. The van der Waals surface area contributed by atoms with Crippen LogP contribution in [0.5, 0.6) is 5.75 Å². The average Bonchev–Trinajstić information content (AvgIpc) is 2.86. The Morgan fingerprint density at radius 1 is 0.800 bits per heavy atom. The lowest BCUT2D eigenvalue weighted by atomic mass is 10.0. The first-order chi connectivity index (χ1) is 16.8. The van der Waals surface area contributed by atoms with Gasteiger partial charge in [0, 0.05) is 17.3 Å². The van der Waals surface area contributed by atoms with Crippen LogP contribution in [0, 0.1) is 10.1 Å². The molecule has 4 aromatic carbocycles. The fraction of sp³-hybridized carbons (Fsp3) is 0. The second-order valence-corrected chi connectivity index (χ2v) is 7.18. The molecule has 0 saturated carbocycles. The fourth-order valence-corrected chi connectivity index (χ4v) is 3.08. The number of nitro benzene ring substituents is 1. The van der Waals surface area contributed by atoms with Crippen molar-refractivity contribution in [1.82, 2.24) is 0 Å². The lowest BCUT2D eigenvalue weighted by Crippen LogP contribution is -2.19. The van der Waals surface area contributed by atoms with Crippen LogP contribution >= 0.6 is 0 Å². The first-order valence-electron chi connectivity index (χ1n) is 10.4. The van der Waals surface area contributed by atoms with E-state index in [-0.39, 0.29) is 17.0 Å². The van der Waals surface area contributed by atoms with Crippen molar-refractivity contribution < 1.29 is 19.6 Å². The number of hydrogen-bond acceptors (Lipinski definition) is 6. The van der Waals surface area contributed by atoms with Crippen molar-refractivity contribution in [2.45, 2.75) is 0 Å². The number of phenols is 1. The quantitative estimate of drug-likeness (QED) is 0.167. The smallest absolute Gasteiger partial charge is 0.316 e. The Balaban J connectivity index is 0.000000196. The van der Waals surface area contributed by atoms with E-state index in [1.54, 1.807) is 36.4 Å². The van der Waals surface area contributed by atoms with E-state index in [4.69, 9.17) is 5.73 Å². The highest BCUT2D eigenvalue weighted by atomic mass is 16.6. The van der Waals surface area contributed by atoms with Gasteiger partial charge in [-0.15, -0.1) is 0 Å². The molecule has 9 nitrogen and oxygen atoms in total. The molecule has 5 N–H and O–H groups in total. The SMILES string of the molecule is NC(=O)Nc1ccccc1Nc1ccccc1.O=C(c1ccccc1)c1ccc([N+](=O)[O-])cc1O. The van der Waals surface area contributed by atoms with Crippen LogP contribution in [0.1, 0.15) is 15.9 Å². The monoisotopic (exact) mass is 470 g/mol. The number of non-ortho nitro benzene ring substituents is 1. The summed E-state index contributed by atoms with van der Waals surface area (Å²) in [6.07, 6.45) is 0. The van der Waals surface area contributed by atoms with Gasteiger partial charge in [-0.05, 0) is 30.3 Å². The van der Waals surface area contributed by atoms with Crippen LogP contribution in [0.2, 0.25) is 0 Å². The first-order valence-corrected chi connectivity index (χ1v) is 10.4. The third-order valence-corrected chi connectivity index (χ3v) is 4.71. The van der Waals surface area contributed by atoms with Crippen LogP contribution in [-0.4, -0.2) is 21.8 Å². The number of benzene rings is 4. The van der Waals surface area contributed by atoms with E-state index in [2.05, 4.69) is 10.6 Å². The maximum atomic E-state index is 12.0. The second kappa shape index (κ2) is 11.6. The number of ketones is 1. The Morgan fingerprint density at radius 2 is 1.37 bits per heavy atom. The fourth-order valence-electron chi connectivity index (χ4n) is 3.08. The number of nitrogens with two attached hydrogens (primary N) is 1. The van der Waals surface area contributed by atoms with E-state index >= 15 is 0 Å². The van der Waals surface area contributed by atoms with Crippen LogP contribution in [0.15, 0.2) is 103 Å². The summed E-state index contributed by atoms with van der Waals surface area (Å²) in [5, 5.41) is 25.9. The largest absolute Gasteiger partial charge is 0.507 e. The number of nitrogens with zero attached hydrogens (tertiary/aromatic N) is 1. The molecule has 0 spiro atoms. The van der Waals surface area contributed by atoms with Crippen molar-refractivity contribution in [2.75, 3.05) is 10.6 Å². The Labute approximate surface area is 201 Å². The summed E-state index contributed by atoms with van der Waals surface area (Å²) in [6, 6.07) is 28.3. The third-order valence-electron chi connectivity index (χ3n) is 4.71. The molecule has 9 heteroatoms. The van der Waals surface area contributed by atoms with Crippen molar-refractivity contribution >= 4 is 34.6 Å². The number of phenolic OH excluding ortho intramolecular Hbond substituents is 1. The zero-order chi connectivity index (χ0) is 25.2. The van der Waals surface area contributed by atoms with Gasteiger partial charge < -0.3 is 21.5 Å². The average molecular weight is 470 g/mol. The van der Waals surface area contributed by atoms with Crippen LogP contribution in [0.4, 0.5) is 27.5 Å². The predicted molar refractivity (Wildman–Crippen MR) is 134 cm³/mol. The number of aromatic hydroxyl groups is 1. The lowest BCUT2D eigenvalue weighted by molar-refractivity contribution is -0.384. The zero-order valence-corrected chi connectivity index (χ0v) is 18.4. The van der Waals surface area contributed by atoms with Crippen LogP contribution in [-0.2, 0) is 0 Å². The highest BCUT2D eigenvalue weighted by molar-refractivity contribution is 6.10. The van der Waals surface area contributed by atoms with Crippen LogP contribution in [0.3, 0.4) is 0 Å². The van der Waals surface area contributed by atoms with Crippen molar-refractivity contribution in [3.05, 3.63) is 124 Å². The molecule has 0 unspecified atom stereocenters. The van der Waals surface area contributed by atoms with E-state index < -0.39 is 16.7 Å². The van der Waals surface area contributed by atoms with E-state index in [0.717, 1.165) is 17.4 Å². The summed E-state index contributed by atoms with van der Waals surface area (Å²) >= 11 is 0. The van der Waals surface area contributed by atoms with E-state index in [1.165, 1.54) is 12.1 Å². The Kier molecular flexibility index (Phi) is 8.12. The molecule has 0 atom stereocenters. The molecule has 4 rings (SSSR count). The van der Waals surface area contributed by atoms with Gasteiger partial charge in [0.15, 0.2) is 5.78 Å². The molecule has 4 aromatic rings. The van der Waals surface area contributed by atoms with Gasteiger partial charge in [-0.2, -0.15) is 0 Å². The number of amides is 2. The molecule has 0 aliphatic heterocycles. The molecule has 0 saturated heterocycles. The zero-order valence-electron chi connectivity index (χ0n) is 18.4. The maximum absolute atomic E-state index is 12.0. The minimum atomic E-state index is -0.628. The Hall–Kier alpha value is -5.18. The van der Waals surface area contributed by atoms with E-state index in [0.29, 0.717) is 11.3 Å². The number of rotatable bonds is 6. The summed E-state index contributed by atoms with van der Waals surface area (Å²) in [7, 11) is 0. The number of nitrogens with one attached hydrogen (secondary N) is 2. The van der Waals surface area contributed by atoms with Crippen molar-refractivity contribution in [1.29, 1.82) is 0 Å². The summed E-state index contributed by atoms with van der Waals surface area (Å²) in [5.74, 6) is -0.763. The molecule has 0 radical (unpaired) electrons. The first kappa shape index (κ1) is 24.5. The van der Waals surface area contributed by atoms with Crippen molar-refractivity contribution in [2.24, 2.45) is 5.73 Å². The molecule has 35 heavy (non-hydrogen) atoms. The van der Waals surface area contributed by atoms with Gasteiger partial charge in [0.25, 0.3) is 5.69 Å². The van der Waals surface area contributed by atoms with Gasteiger partial charge in [-0.25, -0.2) is 4.79 Å². The van der Waals surface area contributed by atoms with Crippen LogP contribution < -0.4 is 16.4 Å². The number of carbonyl (C=O) groups excluding carboxylic acids is 2. The highest BCUT2D eigenvalue weighted by Crippen LogP contribution is 2.26. The number of nitro groups is 1. The molecule has 0 aliphatic carbocycles.